The Bertz CT molecular complexity index is 814. The quantitative estimate of drug-likeness (QED) is 0.354. The summed E-state index contributed by atoms with van der Waals surface area (Å²) in [6, 6.07) is 8.55. The standard InChI is InChI=1S/C22H31NO6.C5H12O.C3H8O/c1-16-14-18(28-17-10-6-5-7-11-17)12-8-9-13-19(20(25)27-16)23(15-24)21(26)29-22(2,3)4;1-5(2,3)6-4;1-2-3-4/h5-7,10-11,15-16,18-19H,8-9,12-14H2,1-4H3;1-4H3;4H,2-3H2,1H3/t16?,18?,19-;;/m0../s1. The van der Waals surface area contributed by atoms with E-state index >= 15 is 0 Å². The molecule has 0 aliphatic carbocycles. The average Bonchev–Trinajstić information content (AvgIpc) is 2.85. The maximum absolute atomic E-state index is 12.7. The van der Waals surface area contributed by atoms with Crippen molar-refractivity contribution in [1.29, 1.82) is 0 Å². The number of imide groups is 1. The molecule has 9 heteroatoms. The van der Waals surface area contributed by atoms with Gasteiger partial charge >= 0.3 is 12.1 Å². The molecule has 224 valence electrons. The van der Waals surface area contributed by atoms with Gasteiger partial charge in [0.25, 0.3) is 0 Å². The van der Waals surface area contributed by atoms with Gasteiger partial charge in [-0.2, -0.15) is 0 Å². The molecule has 0 saturated carbocycles. The number of rotatable bonds is 5. The molecule has 39 heavy (non-hydrogen) atoms. The number of hydrogen-bond donors (Lipinski definition) is 1. The van der Waals surface area contributed by atoms with E-state index in [0.717, 1.165) is 29.9 Å². The molecule has 1 aliphatic rings. The number of esters is 1. The molecule has 2 rings (SSSR count). The summed E-state index contributed by atoms with van der Waals surface area (Å²) in [5.41, 5.74) is -0.729. The van der Waals surface area contributed by atoms with Crippen molar-refractivity contribution >= 4 is 18.5 Å². The second kappa shape index (κ2) is 18.6. The number of hydrogen-bond acceptors (Lipinski definition) is 8. The first-order valence-corrected chi connectivity index (χ1v) is 13.7. The Morgan fingerprint density at radius 3 is 2.08 bits per heavy atom. The smallest absolute Gasteiger partial charge is 0.417 e. The van der Waals surface area contributed by atoms with Gasteiger partial charge in [-0.25, -0.2) is 14.5 Å². The van der Waals surface area contributed by atoms with Gasteiger partial charge in [0.2, 0.25) is 6.41 Å². The van der Waals surface area contributed by atoms with E-state index in [1.54, 1.807) is 34.8 Å². The van der Waals surface area contributed by atoms with E-state index < -0.39 is 29.8 Å². The predicted octanol–water partition coefficient (Wildman–Crippen LogP) is 5.91. The SMILES string of the molecule is CC1CC(Oc2ccccc2)CCCC[C@H](N(C=O)C(=O)OC(C)(C)C)C(=O)O1.CCCO.COC(C)(C)C. The molecular formula is C30H51NO8. The van der Waals surface area contributed by atoms with Crippen LogP contribution in [0.15, 0.2) is 30.3 Å². The number of methoxy groups -OCH3 is 1. The molecule has 2 unspecified atom stereocenters. The zero-order chi connectivity index (χ0) is 30.1. The number of amides is 2. The third-order valence-corrected chi connectivity index (χ3v) is 5.37. The van der Waals surface area contributed by atoms with E-state index in [0.29, 0.717) is 32.3 Å². The van der Waals surface area contributed by atoms with Crippen LogP contribution in [0, 0.1) is 0 Å². The molecular weight excluding hydrogens is 502 g/mol. The summed E-state index contributed by atoms with van der Waals surface area (Å²) in [4.78, 5) is 37.4. The van der Waals surface area contributed by atoms with Gasteiger partial charge in [0, 0.05) is 20.1 Å². The van der Waals surface area contributed by atoms with Gasteiger partial charge in [-0.05, 0) is 86.3 Å². The number of carbonyl (C=O) groups excluding carboxylic acids is 3. The predicted molar refractivity (Wildman–Crippen MR) is 152 cm³/mol. The highest BCUT2D eigenvalue weighted by atomic mass is 16.6. The van der Waals surface area contributed by atoms with Gasteiger partial charge in [-0.1, -0.05) is 31.5 Å². The summed E-state index contributed by atoms with van der Waals surface area (Å²) < 4.78 is 21.8. The highest BCUT2D eigenvalue weighted by molar-refractivity contribution is 5.89. The first kappa shape index (κ1) is 36.4. The van der Waals surface area contributed by atoms with Crippen LogP contribution in [0.2, 0.25) is 0 Å². The van der Waals surface area contributed by atoms with E-state index in [1.807, 2.05) is 58.0 Å². The van der Waals surface area contributed by atoms with Crippen LogP contribution in [0.5, 0.6) is 5.75 Å². The molecule has 0 spiro atoms. The first-order chi connectivity index (χ1) is 18.2. The van der Waals surface area contributed by atoms with Crippen molar-refractivity contribution in [2.24, 2.45) is 0 Å². The van der Waals surface area contributed by atoms with Gasteiger partial charge in [-0.15, -0.1) is 0 Å². The summed E-state index contributed by atoms with van der Waals surface area (Å²) >= 11 is 0. The molecule has 1 aromatic carbocycles. The lowest BCUT2D eigenvalue weighted by Crippen LogP contribution is -2.48. The van der Waals surface area contributed by atoms with Crippen LogP contribution < -0.4 is 4.74 Å². The van der Waals surface area contributed by atoms with Crippen LogP contribution in [0.4, 0.5) is 4.79 Å². The number of para-hydroxylation sites is 1. The Morgan fingerprint density at radius 1 is 1.08 bits per heavy atom. The van der Waals surface area contributed by atoms with E-state index in [1.165, 1.54) is 0 Å². The molecule has 1 fully saturated rings. The molecule has 0 radical (unpaired) electrons. The molecule has 0 bridgehead atoms. The fourth-order valence-electron chi connectivity index (χ4n) is 3.25. The molecule has 2 amide bonds. The van der Waals surface area contributed by atoms with Crippen molar-refractivity contribution in [3.05, 3.63) is 30.3 Å². The third kappa shape index (κ3) is 17.5. The van der Waals surface area contributed by atoms with Crippen molar-refractivity contribution in [3.8, 4) is 5.75 Å². The van der Waals surface area contributed by atoms with Gasteiger partial charge in [0.1, 0.15) is 29.6 Å². The second-order valence-corrected chi connectivity index (χ2v) is 11.4. The number of ether oxygens (including phenoxy) is 4. The van der Waals surface area contributed by atoms with Gasteiger partial charge < -0.3 is 24.1 Å². The zero-order valence-electron chi connectivity index (χ0n) is 25.4. The normalized spacial score (nSPS) is 20.1. The highest BCUT2D eigenvalue weighted by Gasteiger charge is 2.35. The molecule has 1 aliphatic heterocycles. The van der Waals surface area contributed by atoms with Crippen LogP contribution in [0.1, 0.15) is 93.9 Å². The number of aliphatic hydroxyl groups excluding tert-OH is 1. The minimum Gasteiger partial charge on any atom is -0.490 e. The van der Waals surface area contributed by atoms with Crippen molar-refractivity contribution < 1.29 is 38.4 Å². The lowest BCUT2D eigenvalue weighted by atomic mass is 10.0. The van der Waals surface area contributed by atoms with Crippen LogP contribution in [0.25, 0.3) is 0 Å². The van der Waals surface area contributed by atoms with E-state index in [9.17, 15) is 14.4 Å². The molecule has 1 heterocycles. The lowest BCUT2D eigenvalue weighted by Gasteiger charge is -2.31. The summed E-state index contributed by atoms with van der Waals surface area (Å²) in [6.45, 7) is 15.2. The van der Waals surface area contributed by atoms with E-state index in [4.69, 9.17) is 24.1 Å². The Morgan fingerprint density at radius 2 is 1.62 bits per heavy atom. The number of carbonyl (C=O) groups is 3. The molecule has 3 atom stereocenters. The van der Waals surface area contributed by atoms with Crippen LogP contribution in [-0.4, -0.2) is 71.6 Å². The van der Waals surface area contributed by atoms with Crippen LogP contribution >= 0.6 is 0 Å². The van der Waals surface area contributed by atoms with Gasteiger partial charge in [0.05, 0.1) is 5.60 Å². The maximum Gasteiger partial charge on any atom is 0.417 e. The summed E-state index contributed by atoms with van der Waals surface area (Å²) in [6.07, 6.45) is 2.97. The molecule has 1 N–H and O–H groups in total. The fraction of sp³-hybridized carbons (Fsp3) is 0.700. The van der Waals surface area contributed by atoms with Crippen molar-refractivity contribution in [2.75, 3.05) is 13.7 Å². The van der Waals surface area contributed by atoms with Gasteiger partial charge in [0.15, 0.2) is 0 Å². The average molecular weight is 554 g/mol. The Balaban J connectivity index is 0.00000123. The topological polar surface area (TPSA) is 112 Å². The summed E-state index contributed by atoms with van der Waals surface area (Å²) in [7, 11) is 1.71. The molecule has 0 aromatic heterocycles. The second-order valence-electron chi connectivity index (χ2n) is 11.4. The van der Waals surface area contributed by atoms with E-state index in [2.05, 4.69) is 0 Å². The van der Waals surface area contributed by atoms with Crippen molar-refractivity contribution in [2.45, 2.75) is 123 Å². The highest BCUT2D eigenvalue weighted by Crippen LogP contribution is 2.23. The molecule has 9 nitrogen and oxygen atoms in total. The third-order valence-electron chi connectivity index (χ3n) is 5.37. The van der Waals surface area contributed by atoms with E-state index in [-0.39, 0.29) is 11.7 Å². The summed E-state index contributed by atoms with van der Waals surface area (Å²) in [5.74, 6) is 0.179. The minimum atomic E-state index is -0.989. The Kier molecular flexibility index (Phi) is 17.3. The van der Waals surface area contributed by atoms with Crippen molar-refractivity contribution in [3.63, 3.8) is 0 Å². The lowest BCUT2D eigenvalue weighted by molar-refractivity contribution is -0.158. The van der Waals surface area contributed by atoms with Gasteiger partial charge in [-0.3, -0.25) is 4.79 Å². The first-order valence-electron chi connectivity index (χ1n) is 13.7. The number of cyclic esters (lactones) is 1. The Labute approximate surface area is 235 Å². The number of nitrogens with zero attached hydrogens (tertiary/aromatic N) is 1. The number of benzene rings is 1. The largest absolute Gasteiger partial charge is 0.490 e. The van der Waals surface area contributed by atoms with Crippen molar-refractivity contribution in [1.82, 2.24) is 4.90 Å². The minimum absolute atomic E-state index is 0.0417. The molecule has 1 saturated heterocycles. The summed E-state index contributed by atoms with van der Waals surface area (Å²) in [5, 5.41) is 7.88. The monoisotopic (exact) mass is 553 g/mol. The fourth-order valence-corrected chi connectivity index (χ4v) is 3.25. The number of aliphatic hydroxyl groups is 1. The molecule has 1 aromatic rings. The zero-order valence-corrected chi connectivity index (χ0v) is 25.4. The van der Waals surface area contributed by atoms with Crippen LogP contribution in [0.3, 0.4) is 0 Å². The Hall–Kier alpha value is -2.65. The van der Waals surface area contributed by atoms with Crippen LogP contribution in [-0.2, 0) is 23.8 Å². The maximum atomic E-state index is 12.7.